The number of ketones is 1. The Bertz CT molecular complexity index is 1300. The van der Waals surface area contributed by atoms with Gasteiger partial charge in [0.25, 0.3) is 11.8 Å². The third-order valence-corrected chi connectivity index (χ3v) is 10.1. The minimum absolute atomic E-state index is 0.119. The quantitative estimate of drug-likeness (QED) is 0.0535. The zero-order chi connectivity index (χ0) is 44.5. The number of nitrogens with one attached hydrogen (secondary N) is 4. The lowest BCUT2D eigenvalue weighted by atomic mass is 9.70. The molecule has 0 aromatic carbocycles. The predicted octanol–water partition coefficient (Wildman–Crippen LogP) is 7.92. The summed E-state index contributed by atoms with van der Waals surface area (Å²) in [6.45, 7) is 27.2. The highest BCUT2D eigenvalue weighted by molar-refractivity contribution is 6.38. The molecule has 2 saturated carbocycles. The summed E-state index contributed by atoms with van der Waals surface area (Å²) in [5, 5.41) is 10.6. The average Bonchev–Trinajstić information content (AvgIpc) is 3.74. The normalized spacial score (nSPS) is 18.3. The summed E-state index contributed by atoms with van der Waals surface area (Å²) in [4.78, 5) is 83.7. The van der Waals surface area contributed by atoms with E-state index in [2.05, 4.69) is 60.2 Å². The molecule has 3 atom stereocenters. The first-order valence-corrected chi connectivity index (χ1v) is 22.3. The first-order chi connectivity index (χ1) is 27.8. The van der Waals surface area contributed by atoms with Crippen LogP contribution in [0.4, 0.5) is 0 Å². The van der Waals surface area contributed by atoms with E-state index in [1.165, 1.54) is 67.9 Å². The molecule has 332 valence electrons. The summed E-state index contributed by atoms with van der Waals surface area (Å²) >= 11 is 0. The first kappa shape index (κ1) is 56.0. The van der Waals surface area contributed by atoms with Gasteiger partial charge in [-0.2, -0.15) is 0 Å². The van der Waals surface area contributed by atoms with Crippen molar-refractivity contribution in [3.8, 4) is 0 Å². The molecular weight excluding hydrogens is 733 g/mol. The van der Waals surface area contributed by atoms with E-state index in [9.17, 15) is 28.8 Å². The van der Waals surface area contributed by atoms with Gasteiger partial charge in [-0.3, -0.25) is 33.8 Å². The molecule has 0 bridgehead atoms. The summed E-state index contributed by atoms with van der Waals surface area (Å²) in [5.41, 5.74) is -0.431. The van der Waals surface area contributed by atoms with Crippen molar-refractivity contribution in [2.75, 3.05) is 19.6 Å². The van der Waals surface area contributed by atoms with Crippen LogP contribution in [0.2, 0.25) is 0 Å². The second kappa shape index (κ2) is 33.8. The lowest BCUT2D eigenvalue weighted by molar-refractivity contribution is -0.146. The van der Waals surface area contributed by atoms with Crippen molar-refractivity contribution in [1.29, 1.82) is 0 Å². The minimum Gasteiger partial charge on any atom is -0.346 e. The number of allylic oxidation sites excluding steroid dienone is 2. The van der Waals surface area contributed by atoms with Crippen molar-refractivity contribution in [3.63, 3.8) is 0 Å². The number of amides is 5. The van der Waals surface area contributed by atoms with Crippen LogP contribution in [-0.2, 0) is 28.8 Å². The van der Waals surface area contributed by atoms with Gasteiger partial charge in [0.05, 0.1) is 12.6 Å². The minimum atomic E-state index is -1.03. The molecule has 3 fully saturated rings. The molecule has 3 unspecified atom stereocenters. The maximum atomic E-state index is 14.1. The largest absolute Gasteiger partial charge is 0.346 e. The Labute approximate surface area is 352 Å². The third kappa shape index (κ3) is 21.1. The first-order valence-electron chi connectivity index (χ1n) is 22.3. The number of carbonyl (C=O) groups is 6. The fourth-order valence-electron chi connectivity index (χ4n) is 7.05. The van der Waals surface area contributed by atoms with E-state index in [4.69, 9.17) is 0 Å². The molecule has 3 rings (SSSR count). The third-order valence-electron chi connectivity index (χ3n) is 10.1. The highest BCUT2D eigenvalue weighted by Crippen LogP contribution is 2.40. The van der Waals surface area contributed by atoms with Crippen LogP contribution in [0.5, 0.6) is 0 Å². The van der Waals surface area contributed by atoms with Crippen LogP contribution in [0, 0.1) is 11.3 Å². The van der Waals surface area contributed by atoms with Gasteiger partial charge in [-0.25, -0.2) is 0 Å². The van der Waals surface area contributed by atoms with Crippen molar-refractivity contribution in [2.45, 2.75) is 184 Å². The standard InChI is InChI=1S/C32H48N6O6.C7H14.C3H8.2C2H6/c1-6-14-23(26(40)30(43)34-19-8-3)36-29(42)24-15-13-20-38(24)31(44)27(32(5)16-11-10-12-17-32)37-25(39)21-35-28(41)22(9-4)33-18-7-2;1-7-5-3-2-4-6-7;1-3-2;2*1-2/h7-9,18,23-24,27H,2-3,6,10-17,19-21H2,1,4-5H3,(H,34,43)(H,35,41)(H,36,42)(H,37,39);7H,2-6H2,1H3;3H2,1-2H3;2*1-2H3/b22-9-,33-18?;;;;. The molecule has 58 heavy (non-hydrogen) atoms. The summed E-state index contributed by atoms with van der Waals surface area (Å²) in [6, 6.07) is -2.79. The van der Waals surface area contributed by atoms with Gasteiger partial charge in [0.1, 0.15) is 17.8 Å². The summed E-state index contributed by atoms with van der Waals surface area (Å²) in [5.74, 6) is -2.49. The van der Waals surface area contributed by atoms with Gasteiger partial charge in [0.15, 0.2) is 0 Å². The molecule has 1 saturated heterocycles. The van der Waals surface area contributed by atoms with Crippen molar-refractivity contribution >= 4 is 41.5 Å². The van der Waals surface area contributed by atoms with Crippen LogP contribution in [0.15, 0.2) is 42.1 Å². The molecule has 3 aliphatic rings. The second-order valence-electron chi connectivity index (χ2n) is 14.9. The molecule has 0 radical (unpaired) electrons. The molecule has 0 spiro atoms. The Morgan fingerprint density at radius 2 is 1.41 bits per heavy atom. The number of hydrogen-bond acceptors (Lipinski definition) is 7. The van der Waals surface area contributed by atoms with Crippen LogP contribution in [0.1, 0.15) is 166 Å². The monoisotopic (exact) mass is 815 g/mol. The fourth-order valence-corrected chi connectivity index (χ4v) is 7.05. The Hall–Kier alpha value is -4.09. The van der Waals surface area contributed by atoms with Crippen LogP contribution >= 0.6 is 0 Å². The molecule has 0 aromatic heterocycles. The van der Waals surface area contributed by atoms with E-state index < -0.39 is 53.0 Å². The van der Waals surface area contributed by atoms with Gasteiger partial charge < -0.3 is 26.2 Å². The van der Waals surface area contributed by atoms with Gasteiger partial charge in [-0.15, -0.1) is 6.58 Å². The molecule has 5 amide bonds. The second-order valence-corrected chi connectivity index (χ2v) is 14.9. The SMILES string of the molecule is C=CC=N/C(=C\C)C(=O)NCC(=O)NC(C(=O)N1CCCC1C(=O)NC(CCC)C(=O)C(=O)NCC=C)C1(C)CCCCC1.CC.CC.CC1CCCCC1.CCC. The average molecular weight is 815 g/mol. The zero-order valence-electron chi connectivity index (χ0n) is 38.1. The van der Waals surface area contributed by atoms with E-state index in [1.54, 1.807) is 6.92 Å². The molecule has 0 aromatic rings. The van der Waals surface area contributed by atoms with E-state index in [1.807, 2.05) is 41.5 Å². The summed E-state index contributed by atoms with van der Waals surface area (Å²) in [6.07, 6.45) is 20.5. The maximum absolute atomic E-state index is 14.1. The van der Waals surface area contributed by atoms with Crippen LogP contribution in [0.3, 0.4) is 0 Å². The Morgan fingerprint density at radius 1 is 0.828 bits per heavy atom. The Morgan fingerprint density at radius 3 is 1.91 bits per heavy atom. The summed E-state index contributed by atoms with van der Waals surface area (Å²) in [7, 11) is 0. The van der Waals surface area contributed by atoms with Gasteiger partial charge >= 0.3 is 0 Å². The smallest absolute Gasteiger partial charge is 0.289 e. The van der Waals surface area contributed by atoms with Crippen molar-refractivity contribution in [2.24, 2.45) is 16.3 Å². The number of likely N-dealkylation sites (tertiary alicyclic amines) is 1. The van der Waals surface area contributed by atoms with Crippen LogP contribution < -0.4 is 21.3 Å². The Balaban J connectivity index is 0. The Kier molecular flexibility index (Phi) is 32.7. The summed E-state index contributed by atoms with van der Waals surface area (Å²) < 4.78 is 0. The van der Waals surface area contributed by atoms with Crippen molar-refractivity contribution < 1.29 is 28.8 Å². The molecule has 12 heteroatoms. The molecular formula is C46H82N6O6. The van der Waals surface area contributed by atoms with E-state index in [0.29, 0.717) is 38.6 Å². The molecule has 2 aliphatic carbocycles. The number of carbonyl (C=O) groups excluding carboxylic acids is 6. The topological polar surface area (TPSA) is 166 Å². The van der Waals surface area contributed by atoms with E-state index >= 15 is 0 Å². The molecule has 1 aliphatic heterocycles. The van der Waals surface area contributed by atoms with Gasteiger partial charge in [0, 0.05) is 19.3 Å². The number of rotatable bonds is 16. The lowest BCUT2D eigenvalue weighted by Gasteiger charge is -2.42. The van der Waals surface area contributed by atoms with Gasteiger partial charge in [-0.1, -0.05) is 151 Å². The van der Waals surface area contributed by atoms with Crippen molar-refractivity contribution in [1.82, 2.24) is 26.2 Å². The van der Waals surface area contributed by atoms with Gasteiger partial charge in [-0.05, 0) is 50.4 Å². The molecule has 4 N–H and O–H groups in total. The number of hydrogen-bond donors (Lipinski definition) is 4. The number of nitrogens with zero attached hydrogens (tertiary/aromatic N) is 2. The molecule has 12 nitrogen and oxygen atoms in total. The fraction of sp³-hybridized carbons (Fsp3) is 0.717. The van der Waals surface area contributed by atoms with Crippen molar-refractivity contribution in [3.05, 3.63) is 37.1 Å². The van der Waals surface area contributed by atoms with Gasteiger partial charge in [0.2, 0.25) is 23.5 Å². The van der Waals surface area contributed by atoms with Crippen LogP contribution in [0.25, 0.3) is 0 Å². The lowest BCUT2D eigenvalue weighted by Crippen LogP contribution is -2.61. The number of Topliss-reactive ketones (excluding diaryl/α,β-unsaturated/α-hetero) is 1. The van der Waals surface area contributed by atoms with E-state index in [-0.39, 0.29) is 31.1 Å². The maximum Gasteiger partial charge on any atom is 0.289 e. The highest BCUT2D eigenvalue weighted by Gasteiger charge is 2.46. The van der Waals surface area contributed by atoms with Crippen LogP contribution in [-0.4, -0.2) is 84.2 Å². The highest BCUT2D eigenvalue weighted by atomic mass is 16.2. The predicted molar refractivity (Wildman–Crippen MR) is 239 cm³/mol. The zero-order valence-corrected chi connectivity index (χ0v) is 38.1. The molecule has 1 heterocycles. The van der Waals surface area contributed by atoms with E-state index in [0.717, 1.165) is 25.2 Å². The number of aliphatic imine (C=N–C) groups is 1.